The molecule has 0 radical (unpaired) electrons. The number of methoxy groups -OCH3 is 1. The largest absolute Gasteiger partial charge is 0.493 e. The van der Waals surface area contributed by atoms with Crippen LogP contribution in [0.25, 0.3) is 0 Å². The number of hydrazone groups is 1. The molecule has 0 saturated carbocycles. The van der Waals surface area contributed by atoms with E-state index in [2.05, 4.69) is 15.2 Å². The number of hydrogen-bond donors (Lipinski definition) is 2. The summed E-state index contributed by atoms with van der Waals surface area (Å²) in [5.41, 5.74) is 4.01. The van der Waals surface area contributed by atoms with Crippen LogP contribution in [-0.4, -0.2) is 33.6 Å². The van der Waals surface area contributed by atoms with Crippen LogP contribution in [0, 0.1) is 0 Å². The molecule has 4 aromatic carbocycles. The molecule has 0 spiro atoms. The fourth-order valence-corrected chi connectivity index (χ4v) is 4.39. The summed E-state index contributed by atoms with van der Waals surface area (Å²) in [6.07, 6.45) is 1.41. The number of esters is 1. The highest BCUT2D eigenvalue weighted by Crippen LogP contribution is 2.28. The van der Waals surface area contributed by atoms with E-state index in [1.807, 2.05) is 0 Å². The van der Waals surface area contributed by atoms with E-state index in [1.165, 1.54) is 49.7 Å². The molecule has 0 fully saturated rings. The second kappa shape index (κ2) is 11.8. The SMILES string of the molecule is COc1cc(C=NNC(=O)c2ccc(NS(=O)(=O)c3ccccc3)cc2)ccc1OC(=O)c1ccccc1. The topological polar surface area (TPSA) is 123 Å². The fourth-order valence-electron chi connectivity index (χ4n) is 3.32. The van der Waals surface area contributed by atoms with Crippen LogP contribution in [-0.2, 0) is 10.0 Å². The van der Waals surface area contributed by atoms with Gasteiger partial charge in [0.25, 0.3) is 15.9 Å². The minimum atomic E-state index is -3.73. The lowest BCUT2D eigenvalue weighted by Gasteiger charge is -2.10. The lowest BCUT2D eigenvalue weighted by Crippen LogP contribution is -2.18. The van der Waals surface area contributed by atoms with Gasteiger partial charge in [-0.3, -0.25) is 9.52 Å². The van der Waals surface area contributed by atoms with Crippen molar-refractivity contribution in [3.63, 3.8) is 0 Å². The second-order valence-electron chi connectivity index (χ2n) is 7.86. The summed E-state index contributed by atoms with van der Waals surface area (Å²) >= 11 is 0. The first-order valence-corrected chi connectivity index (χ1v) is 12.8. The van der Waals surface area contributed by atoms with Gasteiger partial charge in [0.1, 0.15) is 0 Å². The quantitative estimate of drug-likeness (QED) is 0.143. The minimum absolute atomic E-state index is 0.134. The monoisotopic (exact) mass is 529 g/mol. The van der Waals surface area contributed by atoms with Gasteiger partial charge in [0, 0.05) is 11.3 Å². The van der Waals surface area contributed by atoms with Crippen LogP contribution in [0.1, 0.15) is 26.3 Å². The molecule has 9 nitrogen and oxygen atoms in total. The Morgan fingerprint density at radius 2 is 1.45 bits per heavy atom. The van der Waals surface area contributed by atoms with Crippen LogP contribution in [0.2, 0.25) is 0 Å². The summed E-state index contributed by atoms with van der Waals surface area (Å²) in [4.78, 5) is 24.9. The normalized spacial score (nSPS) is 11.1. The smallest absolute Gasteiger partial charge is 0.343 e. The number of carbonyl (C=O) groups excluding carboxylic acids is 2. The Morgan fingerprint density at radius 3 is 2.11 bits per heavy atom. The third-order valence-corrected chi connectivity index (χ3v) is 6.63. The van der Waals surface area contributed by atoms with Crippen molar-refractivity contribution in [2.24, 2.45) is 5.10 Å². The Morgan fingerprint density at radius 1 is 0.789 bits per heavy atom. The number of anilines is 1. The van der Waals surface area contributed by atoms with Crippen LogP contribution in [0.3, 0.4) is 0 Å². The Hall–Kier alpha value is -4.96. The first kappa shape index (κ1) is 26.1. The Kier molecular flexibility index (Phi) is 8.14. The van der Waals surface area contributed by atoms with Crippen molar-refractivity contribution in [1.29, 1.82) is 0 Å². The second-order valence-corrected chi connectivity index (χ2v) is 9.54. The highest BCUT2D eigenvalue weighted by atomic mass is 32.2. The predicted octanol–water partition coefficient (Wildman–Crippen LogP) is 4.48. The Labute approximate surface area is 219 Å². The molecule has 0 aliphatic carbocycles. The van der Waals surface area contributed by atoms with Crippen molar-refractivity contribution in [2.45, 2.75) is 4.90 Å². The van der Waals surface area contributed by atoms with E-state index < -0.39 is 21.9 Å². The Balaban J connectivity index is 1.36. The number of benzene rings is 4. The average Bonchev–Trinajstić information content (AvgIpc) is 2.94. The summed E-state index contributed by atoms with van der Waals surface area (Å²) in [6, 6.07) is 27.3. The van der Waals surface area contributed by atoms with E-state index in [4.69, 9.17) is 9.47 Å². The van der Waals surface area contributed by atoms with Crippen LogP contribution in [0.4, 0.5) is 5.69 Å². The first-order chi connectivity index (χ1) is 18.4. The number of carbonyl (C=O) groups is 2. The number of sulfonamides is 1. The molecule has 0 atom stereocenters. The van der Waals surface area contributed by atoms with Crippen LogP contribution in [0.5, 0.6) is 11.5 Å². The summed E-state index contributed by atoms with van der Waals surface area (Å²) in [5, 5.41) is 3.95. The minimum Gasteiger partial charge on any atom is -0.493 e. The molecule has 4 aromatic rings. The molecule has 2 N–H and O–H groups in total. The summed E-state index contributed by atoms with van der Waals surface area (Å²) in [7, 11) is -2.29. The van der Waals surface area contributed by atoms with E-state index in [0.29, 0.717) is 22.6 Å². The van der Waals surface area contributed by atoms with Gasteiger partial charge in [0.15, 0.2) is 11.5 Å². The molecule has 0 unspecified atom stereocenters. The lowest BCUT2D eigenvalue weighted by molar-refractivity contribution is 0.0729. The highest BCUT2D eigenvalue weighted by molar-refractivity contribution is 7.92. The number of nitrogens with one attached hydrogen (secondary N) is 2. The number of rotatable bonds is 9. The molecule has 10 heteroatoms. The molecular weight excluding hydrogens is 506 g/mol. The van der Waals surface area contributed by atoms with Crippen molar-refractivity contribution < 1.29 is 27.5 Å². The molecule has 0 saturated heterocycles. The Bertz CT molecular complexity index is 1560. The highest BCUT2D eigenvalue weighted by Gasteiger charge is 2.14. The zero-order valence-corrected chi connectivity index (χ0v) is 21.0. The summed E-state index contributed by atoms with van der Waals surface area (Å²) < 4.78 is 38.1. The van der Waals surface area contributed by atoms with E-state index in [0.717, 1.165) is 0 Å². The molecule has 0 aliphatic heterocycles. The number of hydrogen-bond acceptors (Lipinski definition) is 7. The summed E-state index contributed by atoms with van der Waals surface area (Å²) in [5.74, 6) is -0.445. The van der Waals surface area contributed by atoms with Crippen molar-refractivity contribution in [3.8, 4) is 11.5 Å². The van der Waals surface area contributed by atoms with Gasteiger partial charge in [0.05, 0.1) is 23.8 Å². The van der Waals surface area contributed by atoms with Crippen LogP contribution < -0.4 is 19.6 Å². The first-order valence-electron chi connectivity index (χ1n) is 11.3. The van der Waals surface area contributed by atoms with E-state index in [9.17, 15) is 18.0 Å². The van der Waals surface area contributed by atoms with Gasteiger partial charge in [-0.25, -0.2) is 18.6 Å². The average molecular weight is 530 g/mol. The van der Waals surface area contributed by atoms with Crippen molar-refractivity contribution >= 4 is 33.8 Å². The standard InChI is InChI=1S/C28H23N3O6S/c1-36-26-18-20(12-17-25(26)37-28(33)22-8-4-2-5-9-22)19-29-30-27(32)21-13-15-23(16-14-21)31-38(34,35)24-10-6-3-7-11-24/h2-19,31H,1H3,(H,30,32). The number of amides is 1. The molecule has 4 rings (SSSR count). The van der Waals surface area contributed by atoms with Crippen molar-refractivity contribution in [1.82, 2.24) is 5.43 Å². The van der Waals surface area contributed by atoms with E-state index in [-0.39, 0.29) is 16.2 Å². The third-order valence-electron chi connectivity index (χ3n) is 5.23. The van der Waals surface area contributed by atoms with Crippen molar-refractivity contribution in [3.05, 3.63) is 120 Å². The maximum Gasteiger partial charge on any atom is 0.343 e. The molecule has 0 bridgehead atoms. The molecule has 38 heavy (non-hydrogen) atoms. The van der Waals surface area contributed by atoms with Crippen molar-refractivity contribution in [2.75, 3.05) is 11.8 Å². The number of nitrogens with zero attached hydrogens (tertiary/aromatic N) is 1. The van der Waals surface area contributed by atoms with E-state index in [1.54, 1.807) is 66.7 Å². The third kappa shape index (κ3) is 6.62. The molecule has 1 amide bonds. The van der Waals surface area contributed by atoms with Gasteiger partial charge < -0.3 is 9.47 Å². The lowest BCUT2D eigenvalue weighted by atomic mass is 10.2. The fraction of sp³-hybridized carbons (Fsp3) is 0.0357. The van der Waals surface area contributed by atoms with Crippen LogP contribution >= 0.6 is 0 Å². The molecule has 0 aromatic heterocycles. The van der Waals surface area contributed by atoms with Gasteiger partial charge in [-0.1, -0.05) is 36.4 Å². The summed E-state index contributed by atoms with van der Waals surface area (Å²) in [6.45, 7) is 0. The van der Waals surface area contributed by atoms with Crippen LogP contribution in [0.15, 0.2) is 113 Å². The number of ether oxygens (including phenoxy) is 2. The molecular formula is C28H23N3O6S. The predicted molar refractivity (Wildman–Crippen MR) is 143 cm³/mol. The maximum atomic E-state index is 12.4. The zero-order chi connectivity index (χ0) is 27.0. The van der Waals surface area contributed by atoms with Gasteiger partial charge in [-0.05, 0) is 72.3 Å². The maximum absolute atomic E-state index is 12.4. The molecule has 0 heterocycles. The van der Waals surface area contributed by atoms with Gasteiger partial charge >= 0.3 is 5.97 Å². The molecule has 0 aliphatic rings. The van der Waals surface area contributed by atoms with E-state index >= 15 is 0 Å². The zero-order valence-electron chi connectivity index (χ0n) is 20.2. The van der Waals surface area contributed by atoms with Gasteiger partial charge in [0.2, 0.25) is 0 Å². The van der Waals surface area contributed by atoms with Gasteiger partial charge in [-0.2, -0.15) is 5.10 Å². The van der Waals surface area contributed by atoms with Gasteiger partial charge in [-0.15, -0.1) is 0 Å². The molecule has 192 valence electrons.